The number of likely N-dealkylation sites (tertiary alicyclic amines) is 1. The quantitative estimate of drug-likeness (QED) is 0.874. The summed E-state index contributed by atoms with van der Waals surface area (Å²) in [6, 6.07) is 0. The molecule has 3 heterocycles. The van der Waals surface area contributed by atoms with Gasteiger partial charge in [0, 0.05) is 30.6 Å². The van der Waals surface area contributed by atoms with Crippen LogP contribution in [-0.2, 0) is 6.42 Å². The summed E-state index contributed by atoms with van der Waals surface area (Å²) in [7, 11) is 0. The van der Waals surface area contributed by atoms with E-state index in [0.29, 0.717) is 23.7 Å². The second-order valence-electron chi connectivity index (χ2n) is 5.37. The first-order valence-electron chi connectivity index (χ1n) is 7.34. The molecule has 0 radical (unpaired) electrons. The summed E-state index contributed by atoms with van der Waals surface area (Å²) in [5.41, 5.74) is 1.41. The molecule has 1 aliphatic rings. The first-order valence-corrected chi connectivity index (χ1v) is 8.22. The molecule has 1 fully saturated rings. The molecule has 21 heavy (non-hydrogen) atoms. The topological polar surface area (TPSA) is 59.2 Å². The third kappa shape index (κ3) is 2.72. The first kappa shape index (κ1) is 14.3. The van der Waals surface area contributed by atoms with E-state index < -0.39 is 0 Å². The van der Waals surface area contributed by atoms with Crippen LogP contribution < -0.4 is 0 Å². The van der Waals surface area contributed by atoms with Crippen molar-refractivity contribution in [1.82, 2.24) is 15.0 Å². The molecular weight excluding hydrogens is 286 g/mol. The van der Waals surface area contributed by atoms with Crippen LogP contribution in [0.25, 0.3) is 0 Å². The fourth-order valence-electron chi connectivity index (χ4n) is 2.89. The summed E-state index contributed by atoms with van der Waals surface area (Å²) in [6.45, 7) is 5.33. The van der Waals surface area contributed by atoms with Gasteiger partial charge in [-0.3, -0.25) is 4.79 Å². The largest absolute Gasteiger partial charge is 0.361 e. The van der Waals surface area contributed by atoms with Crippen LogP contribution in [0.3, 0.4) is 0 Å². The van der Waals surface area contributed by atoms with E-state index in [4.69, 9.17) is 4.52 Å². The Labute approximate surface area is 128 Å². The van der Waals surface area contributed by atoms with Crippen LogP contribution in [0.4, 0.5) is 0 Å². The zero-order valence-electron chi connectivity index (χ0n) is 12.3. The van der Waals surface area contributed by atoms with Gasteiger partial charge in [0.15, 0.2) is 0 Å². The number of aromatic nitrogens is 2. The minimum Gasteiger partial charge on any atom is -0.361 e. The molecule has 6 heteroatoms. The van der Waals surface area contributed by atoms with Crippen molar-refractivity contribution in [3.63, 3.8) is 0 Å². The molecule has 0 bridgehead atoms. The van der Waals surface area contributed by atoms with Gasteiger partial charge in [-0.15, -0.1) is 11.3 Å². The first-order chi connectivity index (χ1) is 10.2. The Balaban J connectivity index is 1.80. The van der Waals surface area contributed by atoms with Crippen molar-refractivity contribution in [2.45, 2.75) is 39.0 Å². The Bertz CT molecular complexity index is 621. The van der Waals surface area contributed by atoms with Gasteiger partial charge in [0.2, 0.25) is 0 Å². The van der Waals surface area contributed by atoms with Crippen LogP contribution in [0, 0.1) is 6.92 Å². The Morgan fingerprint density at radius 2 is 2.43 bits per heavy atom. The monoisotopic (exact) mass is 305 g/mol. The maximum absolute atomic E-state index is 12.8. The van der Waals surface area contributed by atoms with Crippen LogP contribution >= 0.6 is 11.3 Å². The number of hydrogen-bond donors (Lipinski definition) is 0. The highest BCUT2D eigenvalue weighted by atomic mass is 32.1. The maximum atomic E-state index is 12.8. The van der Waals surface area contributed by atoms with Gasteiger partial charge in [0.1, 0.15) is 11.3 Å². The third-order valence-corrected chi connectivity index (χ3v) is 4.93. The highest BCUT2D eigenvalue weighted by molar-refractivity contribution is 7.09. The number of thiazole rings is 1. The van der Waals surface area contributed by atoms with Gasteiger partial charge in [0.25, 0.3) is 5.91 Å². The summed E-state index contributed by atoms with van der Waals surface area (Å²) in [5, 5.41) is 7.11. The molecular formula is C15H19N3O2S. The van der Waals surface area contributed by atoms with E-state index in [1.807, 2.05) is 30.3 Å². The zero-order valence-corrected chi connectivity index (χ0v) is 13.2. The van der Waals surface area contributed by atoms with E-state index in [1.165, 1.54) is 0 Å². The zero-order chi connectivity index (χ0) is 14.8. The predicted molar refractivity (Wildman–Crippen MR) is 80.6 cm³/mol. The summed E-state index contributed by atoms with van der Waals surface area (Å²) in [4.78, 5) is 19.1. The van der Waals surface area contributed by atoms with Crippen LogP contribution in [-0.4, -0.2) is 34.0 Å². The molecule has 1 aliphatic heterocycles. The molecule has 2 aromatic rings. The van der Waals surface area contributed by atoms with Gasteiger partial charge < -0.3 is 9.42 Å². The number of hydrogen-bond acceptors (Lipinski definition) is 5. The van der Waals surface area contributed by atoms with Gasteiger partial charge in [-0.25, -0.2) is 4.98 Å². The second-order valence-corrected chi connectivity index (χ2v) is 6.30. The number of aryl methyl sites for hydroxylation is 2. The predicted octanol–water partition coefficient (Wildman–Crippen LogP) is 3.02. The SMILES string of the molecule is CCc1noc(C)c1C(=O)N1CCCC(c2nccs2)C1. The fraction of sp³-hybridized carbons (Fsp3) is 0.533. The molecule has 1 amide bonds. The van der Waals surface area contributed by atoms with Gasteiger partial charge >= 0.3 is 0 Å². The number of rotatable bonds is 3. The van der Waals surface area contributed by atoms with Crippen molar-refractivity contribution in [1.29, 1.82) is 0 Å². The number of carbonyl (C=O) groups excluding carboxylic acids is 1. The second kappa shape index (κ2) is 5.97. The minimum atomic E-state index is 0.0480. The molecule has 1 saturated heterocycles. The molecule has 0 aliphatic carbocycles. The van der Waals surface area contributed by atoms with E-state index in [2.05, 4.69) is 10.1 Å². The smallest absolute Gasteiger partial charge is 0.259 e. The Morgan fingerprint density at radius 3 is 3.14 bits per heavy atom. The highest BCUT2D eigenvalue weighted by Crippen LogP contribution is 2.29. The molecule has 5 nitrogen and oxygen atoms in total. The molecule has 0 N–H and O–H groups in total. The molecule has 3 rings (SSSR count). The lowest BCUT2D eigenvalue weighted by molar-refractivity contribution is 0.0704. The normalized spacial score (nSPS) is 19.0. The molecule has 1 unspecified atom stereocenters. The lowest BCUT2D eigenvalue weighted by atomic mass is 9.97. The summed E-state index contributed by atoms with van der Waals surface area (Å²) >= 11 is 1.67. The van der Waals surface area contributed by atoms with Gasteiger partial charge in [0.05, 0.1) is 10.7 Å². The van der Waals surface area contributed by atoms with Crippen molar-refractivity contribution in [2.75, 3.05) is 13.1 Å². The van der Waals surface area contributed by atoms with Crippen molar-refractivity contribution in [3.8, 4) is 0 Å². The van der Waals surface area contributed by atoms with E-state index >= 15 is 0 Å². The van der Waals surface area contributed by atoms with Gasteiger partial charge in [-0.1, -0.05) is 12.1 Å². The fourth-order valence-corrected chi connectivity index (χ4v) is 3.66. The van der Waals surface area contributed by atoms with Crippen molar-refractivity contribution in [2.24, 2.45) is 0 Å². The van der Waals surface area contributed by atoms with E-state index in [0.717, 1.165) is 36.6 Å². The lowest BCUT2D eigenvalue weighted by Gasteiger charge is -2.31. The average Bonchev–Trinajstić information content (AvgIpc) is 3.16. The van der Waals surface area contributed by atoms with E-state index in [1.54, 1.807) is 11.3 Å². The number of carbonyl (C=O) groups is 1. The Morgan fingerprint density at radius 1 is 1.57 bits per heavy atom. The van der Waals surface area contributed by atoms with Crippen molar-refractivity contribution < 1.29 is 9.32 Å². The standard InChI is InChI=1S/C15H19N3O2S/c1-3-12-13(10(2)20-17-12)15(19)18-7-4-5-11(9-18)14-16-6-8-21-14/h6,8,11H,3-5,7,9H2,1-2H3. The van der Waals surface area contributed by atoms with E-state index in [-0.39, 0.29) is 5.91 Å². The van der Waals surface area contributed by atoms with Crippen LogP contribution in [0.15, 0.2) is 16.1 Å². The van der Waals surface area contributed by atoms with Gasteiger partial charge in [-0.05, 0) is 26.2 Å². The lowest BCUT2D eigenvalue weighted by Crippen LogP contribution is -2.39. The van der Waals surface area contributed by atoms with Gasteiger partial charge in [-0.2, -0.15) is 0 Å². The Hall–Kier alpha value is -1.69. The van der Waals surface area contributed by atoms with Crippen molar-refractivity contribution in [3.05, 3.63) is 33.6 Å². The number of amides is 1. The molecule has 0 aromatic carbocycles. The third-order valence-electron chi connectivity index (χ3n) is 3.99. The minimum absolute atomic E-state index is 0.0480. The molecule has 1 atom stereocenters. The number of nitrogens with zero attached hydrogens (tertiary/aromatic N) is 3. The number of piperidine rings is 1. The molecule has 0 saturated carbocycles. The van der Waals surface area contributed by atoms with Crippen molar-refractivity contribution >= 4 is 17.2 Å². The Kier molecular flexibility index (Phi) is 4.05. The molecule has 2 aromatic heterocycles. The summed E-state index contributed by atoms with van der Waals surface area (Å²) in [5.74, 6) is 1.02. The highest BCUT2D eigenvalue weighted by Gasteiger charge is 2.30. The average molecular weight is 305 g/mol. The van der Waals surface area contributed by atoms with Crippen LogP contribution in [0.1, 0.15) is 52.5 Å². The van der Waals surface area contributed by atoms with Crippen LogP contribution in [0.2, 0.25) is 0 Å². The maximum Gasteiger partial charge on any atom is 0.259 e. The van der Waals surface area contributed by atoms with Crippen LogP contribution in [0.5, 0.6) is 0 Å². The summed E-state index contributed by atoms with van der Waals surface area (Å²) in [6.07, 6.45) is 4.66. The molecule has 0 spiro atoms. The van der Waals surface area contributed by atoms with E-state index in [9.17, 15) is 4.79 Å². The molecule has 112 valence electrons. The summed E-state index contributed by atoms with van der Waals surface area (Å²) < 4.78 is 5.19.